The van der Waals surface area contributed by atoms with Crippen molar-refractivity contribution in [1.29, 1.82) is 0 Å². The van der Waals surface area contributed by atoms with Crippen LogP contribution in [-0.2, 0) is 9.59 Å². The second-order valence-electron chi connectivity index (χ2n) is 5.16. The summed E-state index contributed by atoms with van der Waals surface area (Å²) < 4.78 is 0. The van der Waals surface area contributed by atoms with E-state index >= 15 is 0 Å². The van der Waals surface area contributed by atoms with Crippen LogP contribution in [0.4, 0.5) is 5.69 Å². The average molecular weight is 331 g/mol. The number of aliphatic carboxylic acids is 1. The minimum Gasteiger partial charge on any atom is -0.550 e. The standard InChI is InChI=1S/C14H16Cl2N2O3/c15-10-2-1-3-11(16)13(10)17-12(19)8-18-6-4-9(5-7-18)14(20)21/h1-3,9H,4-8H2,(H,17,19)(H,20,21). The molecule has 0 saturated carbocycles. The summed E-state index contributed by atoms with van der Waals surface area (Å²) in [4.78, 5) is 23.8. The van der Waals surface area contributed by atoms with Crippen LogP contribution < -0.4 is 15.3 Å². The molecule has 21 heavy (non-hydrogen) atoms. The third-order valence-corrected chi connectivity index (χ3v) is 4.29. The van der Waals surface area contributed by atoms with E-state index in [0.29, 0.717) is 41.7 Å². The number of benzene rings is 1. The summed E-state index contributed by atoms with van der Waals surface area (Å²) in [5.41, 5.74) is 0.412. The van der Waals surface area contributed by atoms with E-state index in [9.17, 15) is 14.7 Å². The maximum atomic E-state index is 12.0. The lowest BCUT2D eigenvalue weighted by atomic mass is 9.97. The van der Waals surface area contributed by atoms with Crippen molar-refractivity contribution in [2.24, 2.45) is 5.92 Å². The lowest BCUT2D eigenvalue weighted by Gasteiger charge is -2.29. The molecule has 1 heterocycles. The molecule has 1 aromatic rings. The Bertz CT molecular complexity index is 523. The van der Waals surface area contributed by atoms with Crippen molar-refractivity contribution in [2.75, 3.05) is 25.0 Å². The molecule has 0 spiro atoms. The quantitative estimate of drug-likeness (QED) is 0.814. The molecule has 1 aliphatic rings. The summed E-state index contributed by atoms with van der Waals surface area (Å²) >= 11 is 12.0. The molecule has 1 fully saturated rings. The van der Waals surface area contributed by atoms with Crippen LogP contribution >= 0.6 is 23.2 Å². The first kappa shape index (κ1) is 16.1. The number of nitrogens with one attached hydrogen (secondary N) is 2. The zero-order chi connectivity index (χ0) is 15.4. The Morgan fingerprint density at radius 1 is 1.24 bits per heavy atom. The van der Waals surface area contributed by atoms with E-state index in [2.05, 4.69) is 5.32 Å². The van der Waals surface area contributed by atoms with Gasteiger partial charge in [-0.1, -0.05) is 29.3 Å². The van der Waals surface area contributed by atoms with Crippen LogP contribution in [0.3, 0.4) is 0 Å². The van der Waals surface area contributed by atoms with Gasteiger partial charge in [0, 0.05) is 24.7 Å². The highest BCUT2D eigenvalue weighted by molar-refractivity contribution is 6.39. The number of halogens is 2. The highest BCUT2D eigenvalue weighted by Gasteiger charge is 2.24. The van der Waals surface area contributed by atoms with Crippen LogP contribution in [-0.4, -0.2) is 31.5 Å². The van der Waals surface area contributed by atoms with Gasteiger partial charge in [-0.3, -0.25) is 4.79 Å². The first-order chi connectivity index (χ1) is 9.97. The normalized spacial score (nSPS) is 21.8. The summed E-state index contributed by atoms with van der Waals surface area (Å²) in [5.74, 6) is -1.58. The fourth-order valence-electron chi connectivity index (χ4n) is 2.47. The highest BCUT2D eigenvalue weighted by atomic mass is 35.5. The zero-order valence-corrected chi connectivity index (χ0v) is 12.8. The summed E-state index contributed by atoms with van der Waals surface area (Å²) in [5, 5.41) is 14.3. The minimum atomic E-state index is -0.999. The first-order valence-corrected chi connectivity index (χ1v) is 7.51. The van der Waals surface area contributed by atoms with Crippen LogP contribution in [0.5, 0.6) is 0 Å². The Kier molecular flexibility index (Phi) is 5.45. The van der Waals surface area contributed by atoms with Gasteiger partial charge in [0.15, 0.2) is 6.54 Å². The Hall–Kier alpha value is -1.30. The number of para-hydroxylation sites is 1. The Labute approximate surface area is 132 Å². The van der Waals surface area contributed by atoms with E-state index in [-0.39, 0.29) is 12.5 Å². The van der Waals surface area contributed by atoms with Crippen LogP contribution in [0.25, 0.3) is 0 Å². The molecule has 5 nitrogen and oxygen atoms in total. The van der Waals surface area contributed by atoms with Gasteiger partial charge in [-0.25, -0.2) is 0 Å². The number of hydrogen-bond acceptors (Lipinski definition) is 3. The summed E-state index contributed by atoms with van der Waals surface area (Å²) in [6.45, 7) is 1.55. The molecular weight excluding hydrogens is 315 g/mol. The Morgan fingerprint density at radius 2 is 1.81 bits per heavy atom. The fourth-order valence-corrected chi connectivity index (χ4v) is 2.96. The minimum absolute atomic E-state index is 0.188. The number of carbonyl (C=O) groups excluding carboxylic acids is 2. The maximum absolute atomic E-state index is 12.0. The zero-order valence-electron chi connectivity index (χ0n) is 11.3. The molecular formula is C14H16Cl2N2O3. The summed E-state index contributed by atoms with van der Waals surface area (Å²) in [7, 11) is 0. The Morgan fingerprint density at radius 3 is 2.33 bits per heavy atom. The smallest absolute Gasteiger partial charge is 0.279 e. The summed E-state index contributed by atoms with van der Waals surface area (Å²) in [6.07, 6.45) is 1.08. The number of quaternary nitrogens is 1. The van der Waals surface area contributed by atoms with Gasteiger partial charge in [0.05, 0.1) is 28.8 Å². The Balaban J connectivity index is 1.87. The number of carboxylic acids is 1. The van der Waals surface area contributed by atoms with E-state index in [1.165, 1.54) is 0 Å². The molecule has 0 aliphatic carbocycles. The van der Waals surface area contributed by atoms with Gasteiger partial charge in [-0.05, 0) is 12.1 Å². The summed E-state index contributed by atoms with van der Waals surface area (Å²) in [6, 6.07) is 5.01. The van der Waals surface area contributed by atoms with Gasteiger partial charge in [0.25, 0.3) is 5.91 Å². The largest absolute Gasteiger partial charge is 0.550 e. The van der Waals surface area contributed by atoms with E-state index in [0.717, 1.165) is 4.90 Å². The van der Waals surface area contributed by atoms with Crippen LogP contribution in [0.1, 0.15) is 12.8 Å². The monoisotopic (exact) mass is 330 g/mol. The molecule has 1 amide bonds. The van der Waals surface area contributed by atoms with E-state index in [1.54, 1.807) is 18.2 Å². The van der Waals surface area contributed by atoms with Crippen molar-refractivity contribution in [3.63, 3.8) is 0 Å². The van der Waals surface area contributed by atoms with Crippen LogP contribution in [0.2, 0.25) is 10.0 Å². The van der Waals surface area contributed by atoms with Crippen molar-refractivity contribution in [3.8, 4) is 0 Å². The first-order valence-electron chi connectivity index (χ1n) is 6.75. The van der Waals surface area contributed by atoms with Gasteiger partial charge in [0.1, 0.15) is 0 Å². The molecule has 0 radical (unpaired) electrons. The second-order valence-corrected chi connectivity index (χ2v) is 5.98. The van der Waals surface area contributed by atoms with Crippen molar-refractivity contribution in [1.82, 2.24) is 0 Å². The van der Waals surface area contributed by atoms with Gasteiger partial charge < -0.3 is 20.1 Å². The number of rotatable bonds is 4. The van der Waals surface area contributed by atoms with Gasteiger partial charge in [-0.2, -0.15) is 0 Å². The lowest BCUT2D eigenvalue weighted by Crippen LogP contribution is -3.14. The molecule has 1 aromatic carbocycles. The molecule has 0 atom stereocenters. The second kappa shape index (κ2) is 7.11. The number of likely N-dealkylation sites (tertiary alicyclic amines) is 1. The lowest BCUT2D eigenvalue weighted by molar-refractivity contribution is -0.897. The van der Waals surface area contributed by atoms with E-state index < -0.39 is 11.9 Å². The molecule has 2 N–H and O–H groups in total. The molecule has 1 aliphatic heterocycles. The van der Waals surface area contributed by atoms with Crippen molar-refractivity contribution in [3.05, 3.63) is 28.2 Å². The van der Waals surface area contributed by atoms with Gasteiger partial charge in [-0.15, -0.1) is 0 Å². The van der Waals surface area contributed by atoms with Crippen molar-refractivity contribution < 1.29 is 19.6 Å². The number of amides is 1. The van der Waals surface area contributed by atoms with Gasteiger partial charge in [0.2, 0.25) is 0 Å². The number of carbonyl (C=O) groups is 2. The SMILES string of the molecule is O=C(C[NH+]1CCC(C(=O)[O-])CC1)Nc1c(Cl)cccc1Cl. The predicted molar refractivity (Wildman–Crippen MR) is 78.4 cm³/mol. The maximum Gasteiger partial charge on any atom is 0.279 e. The van der Waals surface area contributed by atoms with E-state index in [1.807, 2.05) is 0 Å². The molecule has 0 unspecified atom stereocenters. The number of carboxylic acid groups (broad SMARTS) is 1. The molecule has 114 valence electrons. The van der Waals surface area contributed by atoms with Crippen LogP contribution in [0.15, 0.2) is 18.2 Å². The molecule has 7 heteroatoms. The number of hydrogen-bond donors (Lipinski definition) is 2. The molecule has 0 bridgehead atoms. The van der Waals surface area contributed by atoms with Crippen molar-refractivity contribution in [2.45, 2.75) is 12.8 Å². The number of piperidine rings is 1. The fraction of sp³-hybridized carbons (Fsp3) is 0.429. The van der Waals surface area contributed by atoms with Gasteiger partial charge >= 0.3 is 0 Å². The van der Waals surface area contributed by atoms with E-state index in [4.69, 9.17) is 23.2 Å². The molecule has 1 saturated heterocycles. The highest BCUT2D eigenvalue weighted by Crippen LogP contribution is 2.29. The topological polar surface area (TPSA) is 73.7 Å². The third kappa shape index (κ3) is 4.33. The predicted octanol–water partition coefficient (Wildman–Crippen LogP) is -0.0233. The molecule has 0 aromatic heterocycles. The molecule has 2 rings (SSSR count). The van der Waals surface area contributed by atoms with Crippen LogP contribution in [0, 0.1) is 5.92 Å². The van der Waals surface area contributed by atoms with Crippen molar-refractivity contribution >= 4 is 40.8 Å². The average Bonchev–Trinajstić information content (AvgIpc) is 2.43. The number of anilines is 1. The third-order valence-electron chi connectivity index (χ3n) is 3.66.